The van der Waals surface area contributed by atoms with Crippen LogP contribution in [0.1, 0.15) is 13.3 Å². The molecule has 0 aromatic heterocycles. The summed E-state index contributed by atoms with van der Waals surface area (Å²) in [6.07, 6.45) is 0.237. The highest BCUT2D eigenvalue weighted by atomic mass is 35.5. The van der Waals surface area contributed by atoms with E-state index in [0.29, 0.717) is 21.5 Å². The van der Waals surface area contributed by atoms with Gasteiger partial charge in [0.05, 0.1) is 17.2 Å². The molecule has 0 fully saturated rings. The average Bonchev–Trinajstić information content (AvgIpc) is 2.15. The molecule has 1 aromatic rings. The van der Waals surface area contributed by atoms with Crippen LogP contribution in [0.25, 0.3) is 0 Å². The van der Waals surface area contributed by atoms with Crippen LogP contribution >= 0.6 is 35.6 Å². The number of hydrogen-bond acceptors (Lipinski definition) is 3. The van der Waals surface area contributed by atoms with E-state index in [1.165, 1.54) is 7.11 Å². The van der Waals surface area contributed by atoms with Gasteiger partial charge in [0.25, 0.3) is 0 Å². The van der Waals surface area contributed by atoms with Crippen LogP contribution in [-0.4, -0.2) is 19.1 Å². The van der Waals surface area contributed by atoms with E-state index in [4.69, 9.17) is 33.7 Å². The Balaban J connectivity index is 0.00000289. The summed E-state index contributed by atoms with van der Waals surface area (Å²) >= 11 is 11.9. The molecule has 0 aliphatic carbocycles. The lowest BCUT2D eigenvalue weighted by molar-refractivity contribution is -0.116. The Bertz CT molecular complexity index is 402. The van der Waals surface area contributed by atoms with E-state index in [2.05, 4.69) is 5.32 Å². The molecule has 1 rings (SSSR count). The van der Waals surface area contributed by atoms with E-state index in [0.717, 1.165) is 0 Å². The maximum absolute atomic E-state index is 11.5. The zero-order valence-electron chi connectivity index (χ0n) is 10.00. The van der Waals surface area contributed by atoms with Crippen molar-refractivity contribution in [3.63, 3.8) is 0 Å². The third kappa shape index (κ3) is 4.90. The lowest BCUT2D eigenvalue weighted by Crippen LogP contribution is -2.23. The first kappa shape index (κ1) is 17.3. The van der Waals surface area contributed by atoms with Crippen LogP contribution in [0.3, 0.4) is 0 Å². The van der Waals surface area contributed by atoms with Crippen molar-refractivity contribution in [2.24, 2.45) is 5.73 Å². The number of anilines is 1. The lowest BCUT2D eigenvalue weighted by atomic mass is 10.2. The Morgan fingerprint density at radius 2 is 1.94 bits per heavy atom. The van der Waals surface area contributed by atoms with Gasteiger partial charge in [-0.05, 0) is 19.1 Å². The van der Waals surface area contributed by atoms with Crippen molar-refractivity contribution in [3.05, 3.63) is 22.2 Å². The van der Waals surface area contributed by atoms with Crippen LogP contribution in [0.15, 0.2) is 12.1 Å². The third-order valence-corrected chi connectivity index (χ3v) is 2.56. The molecular formula is C11H15Cl3N2O2. The van der Waals surface area contributed by atoms with Gasteiger partial charge < -0.3 is 15.8 Å². The van der Waals surface area contributed by atoms with Gasteiger partial charge in [-0.1, -0.05) is 23.2 Å². The molecule has 0 heterocycles. The monoisotopic (exact) mass is 312 g/mol. The van der Waals surface area contributed by atoms with Crippen molar-refractivity contribution < 1.29 is 9.53 Å². The fourth-order valence-corrected chi connectivity index (χ4v) is 1.97. The van der Waals surface area contributed by atoms with Gasteiger partial charge >= 0.3 is 0 Å². The second-order valence-electron chi connectivity index (χ2n) is 3.70. The van der Waals surface area contributed by atoms with Crippen molar-refractivity contribution in [3.8, 4) is 5.75 Å². The number of hydrogen-bond donors (Lipinski definition) is 2. The van der Waals surface area contributed by atoms with Crippen molar-refractivity contribution >= 4 is 47.2 Å². The number of amides is 1. The SMILES string of the molecule is COc1c(Cl)cc(NC(=O)CC(C)N)cc1Cl.Cl. The predicted molar refractivity (Wildman–Crippen MR) is 77.2 cm³/mol. The Labute approximate surface area is 122 Å². The quantitative estimate of drug-likeness (QED) is 0.897. The average molecular weight is 314 g/mol. The second kappa shape index (κ2) is 7.69. The van der Waals surface area contributed by atoms with Crippen molar-refractivity contribution in [2.75, 3.05) is 12.4 Å². The van der Waals surface area contributed by atoms with Crippen LogP contribution in [0.2, 0.25) is 10.0 Å². The molecule has 0 radical (unpaired) electrons. The standard InChI is InChI=1S/C11H14Cl2N2O2.ClH/c1-6(14)3-10(16)15-7-4-8(12)11(17-2)9(13)5-7;/h4-6H,3,14H2,1-2H3,(H,15,16);1H. The number of carbonyl (C=O) groups excluding carboxylic acids is 1. The maximum atomic E-state index is 11.5. The fraction of sp³-hybridized carbons (Fsp3) is 0.364. The van der Waals surface area contributed by atoms with Gasteiger partial charge in [-0.2, -0.15) is 0 Å². The van der Waals surface area contributed by atoms with Gasteiger partial charge in [0.2, 0.25) is 5.91 Å². The molecule has 3 N–H and O–H groups in total. The van der Waals surface area contributed by atoms with Gasteiger partial charge in [-0.3, -0.25) is 4.79 Å². The maximum Gasteiger partial charge on any atom is 0.225 e. The summed E-state index contributed by atoms with van der Waals surface area (Å²) in [6, 6.07) is 2.95. The van der Waals surface area contributed by atoms with Crippen LogP contribution in [0.4, 0.5) is 5.69 Å². The molecule has 1 unspecified atom stereocenters. The summed E-state index contributed by atoms with van der Waals surface area (Å²) in [5.74, 6) is 0.204. The summed E-state index contributed by atoms with van der Waals surface area (Å²) in [7, 11) is 1.47. The molecule has 1 atom stereocenters. The first-order valence-electron chi connectivity index (χ1n) is 5.02. The van der Waals surface area contributed by atoms with Crippen LogP contribution in [0.5, 0.6) is 5.75 Å². The largest absolute Gasteiger partial charge is 0.494 e. The van der Waals surface area contributed by atoms with Crippen molar-refractivity contribution in [2.45, 2.75) is 19.4 Å². The highest BCUT2D eigenvalue weighted by molar-refractivity contribution is 6.37. The fourth-order valence-electron chi connectivity index (χ4n) is 1.33. The molecule has 7 heteroatoms. The van der Waals surface area contributed by atoms with E-state index in [1.807, 2.05) is 0 Å². The minimum atomic E-state index is -0.195. The van der Waals surface area contributed by atoms with Gasteiger partial charge in [-0.25, -0.2) is 0 Å². The summed E-state index contributed by atoms with van der Waals surface area (Å²) < 4.78 is 5.00. The van der Waals surface area contributed by atoms with Gasteiger partial charge in [0.1, 0.15) is 0 Å². The molecule has 1 amide bonds. The second-order valence-corrected chi connectivity index (χ2v) is 4.52. The number of ether oxygens (including phenoxy) is 1. The Kier molecular flexibility index (Phi) is 7.40. The zero-order chi connectivity index (χ0) is 13.0. The summed E-state index contributed by atoms with van der Waals surface area (Å²) in [4.78, 5) is 11.5. The minimum absolute atomic E-state index is 0. The van der Waals surface area contributed by atoms with Crippen molar-refractivity contribution in [1.29, 1.82) is 0 Å². The Morgan fingerprint density at radius 3 is 2.33 bits per heavy atom. The highest BCUT2D eigenvalue weighted by Crippen LogP contribution is 2.35. The first-order valence-corrected chi connectivity index (χ1v) is 5.78. The number of carbonyl (C=O) groups is 1. The van der Waals surface area contributed by atoms with Crippen LogP contribution in [-0.2, 0) is 4.79 Å². The zero-order valence-corrected chi connectivity index (χ0v) is 12.3. The first-order chi connectivity index (χ1) is 7.93. The van der Waals surface area contributed by atoms with Crippen LogP contribution in [0, 0.1) is 0 Å². The van der Waals surface area contributed by atoms with Gasteiger partial charge in [-0.15, -0.1) is 12.4 Å². The van der Waals surface area contributed by atoms with E-state index < -0.39 is 0 Å². The number of halogens is 3. The van der Waals surface area contributed by atoms with E-state index in [-0.39, 0.29) is 30.8 Å². The smallest absolute Gasteiger partial charge is 0.225 e. The topological polar surface area (TPSA) is 64.3 Å². The molecule has 0 saturated carbocycles. The number of nitrogens with two attached hydrogens (primary N) is 1. The number of methoxy groups -OCH3 is 1. The molecule has 1 aromatic carbocycles. The minimum Gasteiger partial charge on any atom is -0.494 e. The van der Waals surface area contributed by atoms with E-state index >= 15 is 0 Å². The van der Waals surface area contributed by atoms with Crippen LogP contribution < -0.4 is 15.8 Å². The number of rotatable bonds is 4. The van der Waals surface area contributed by atoms with E-state index in [1.54, 1.807) is 19.1 Å². The predicted octanol–water partition coefficient (Wildman–Crippen LogP) is 3.10. The Hall–Kier alpha value is -0.680. The molecule has 4 nitrogen and oxygen atoms in total. The summed E-state index contributed by atoms with van der Waals surface area (Å²) in [5.41, 5.74) is 6.04. The molecule has 0 bridgehead atoms. The highest BCUT2D eigenvalue weighted by Gasteiger charge is 2.11. The van der Waals surface area contributed by atoms with Gasteiger partial charge in [0.15, 0.2) is 5.75 Å². The Morgan fingerprint density at radius 1 is 1.44 bits per heavy atom. The number of nitrogens with one attached hydrogen (secondary N) is 1. The van der Waals surface area contributed by atoms with E-state index in [9.17, 15) is 4.79 Å². The lowest BCUT2D eigenvalue weighted by Gasteiger charge is -2.10. The molecule has 0 saturated heterocycles. The van der Waals surface area contributed by atoms with Crippen molar-refractivity contribution in [1.82, 2.24) is 0 Å². The molecule has 0 spiro atoms. The molecule has 18 heavy (non-hydrogen) atoms. The van der Waals surface area contributed by atoms with Gasteiger partial charge in [0, 0.05) is 18.2 Å². The number of benzene rings is 1. The molecule has 102 valence electrons. The summed E-state index contributed by atoms with van der Waals surface area (Å²) in [6.45, 7) is 1.76. The summed E-state index contributed by atoms with van der Waals surface area (Å²) in [5, 5.41) is 3.35. The third-order valence-electron chi connectivity index (χ3n) is 1.99. The molecule has 0 aliphatic rings. The molecular weight excluding hydrogens is 298 g/mol. The normalized spacial score (nSPS) is 11.4. The molecule has 0 aliphatic heterocycles.